The molecule has 0 spiro atoms. The third kappa shape index (κ3) is 5.42. The van der Waals surface area contributed by atoms with Gasteiger partial charge < -0.3 is 21.1 Å². The Morgan fingerprint density at radius 3 is 2.09 bits per heavy atom. The van der Waals surface area contributed by atoms with Crippen LogP contribution < -0.4 is 21.1 Å². The first kappa shape index (κ1) is 22.2. The number of hydrogen-bond donors (Lipinski definition) is 3. The summed E-state index contributed by atoms with van der Waals surface area (Å²) in [5.74, 6) is 1.75. The van der Waals surface area contributed by atoms with E-state index in [4.69, 9.17) is 22.1 Å². The minimum atomic E-state index is -4.55. The Hall–Kier alpha value is -4.05. The van der Waals surface area contributed by atoms with Crippen molar-refractivity contribution in [2.24, 2.45) is 0 Å². The van der Waals surface area contributed by atoms with Crippen LogP contribution in [0.5, 0.6) is 11.5 Å². The number of halogens is 4. The molecular weight excluding hydrogens is 457 g/mol. The fourth-order valence-electron chi connectivity index (χ4n) is 2.76. The number of anilines is 5. The summed E-state index contributed by atoms with van der Waals surface area (Å²) in [7, 11) is 0. The first-order valence-electron chi connectivity index (χ1n) is 9.50. The highest BCUT2D eigenvalue weighted by Crippen LogP contribution is 2.34. The predicted molar refractivity (Wildman–Crippen MR) is 120 cm³/mol. The zero-order valence-electron chi connectivity index (χ0n) is 16.8. The van der Waals surface area contributed by atoms with Crippen molar-refractivity contribution in [3.63, 3.8) is 0 Å². The van der Waals surface area contributed by atoms with Crippen LogP contribution in [0, 0.1) is 0 Å². The van der Waals surface area contributed by atoms with Crippen LogP contribution in [-0.2, 0) is 6.18 Å². The summed E-state index contributed by atoms with van der Waals surface area (Å²) in [4.78, 5) is 11.9. The molecule has 0 atom stereocenters. The summed E-state index contributed by atoms with van der Waals surface area (Å²) < 4.78 is 44.2. The third-order valence-electron chi connectivity index (χ3n) is 4.39. The molecule has 0 aliphatic carbocycles. The summed E-state index contributed by atoms with van der Waals surface area (Å²) in [6.45, 7) is 0. The fraction of sp³-hybridized carbons (Fsp3) is 0.0455. The van der Waals surface area contributed by atoms with Crippen molar-refractivity contribution < 1.29 is 17.9 Å². The average molecular weight is 473 g/mol. The van der Waals surface area contributed by atoms with Gasteiger partial charge in [0.1, 0.15) is 29.3 Å². The number of nitrogens with two attached hydrogens (primary N) is 1. The van der Waals surface area contributed by atoms with E-state index in [1.165, 1.54) is 6.33 Å². The molecule has 0 amide bonds. The second-order valence-corrected chi connectivity index (χ2v) is 7.13. The molecule has 33 heavy (non-hydrogen) atoms. The predicted octanol–water partition coefficient (Wildman–Crippen LogP) is 6.41. The second kappa shape index (κ2) is 9.21. The van der Waals surface area contributed by atoms with E-state index in [9.17, 15) is 13.2 Å². The van der Waals surface area contributed by atoms with E-state index >= 15 is 0 Å². The summed E-state index contributed by atoms with van der Waals surface area (Å²) in [5, 5.41) is 5.56. The fourth-order valence-corrected chi connectivity index (χ4v) is 2.97. The number of nitrogens with zero attached hydrogens (tertiary/aromatic N) is 3. The molecule has 4 rings (SSSR count). The molecule has 168 valence electrons. The van der Waals surface area contributed by atoms with E-state index < -0.39 is 11.7 Å². The molecule has 2 heterocycles. The van der Waals surface area contributed by atoms with Crippen molar-refractivity contribution >= 4 is 40.4 Å². The van der Waals surface area contributed by atoms with E-state index in [0.29, 0.717) is 23.4 Å². The number of aromatic nitrogens is 3. The molecule has 4 aromatic rings. The van der Waals surface area contributed by atoms with Crippen LogP contribution in [0.2, 0.25) is 5.02 Å². The molecule has 7 nitrogen and oxygen atoms in total. The van der Waals surface area contributed by atoms with Crippen molar-refractivity contribution in [1.29, 1.82) is 0 Å². The Bertz CT molecular complexity index is 1250. The van der Waals surface area contributed by atoms with Gasteiger partial charge in [0, 0.05) is 11.9 Å². The molecule has 0 saturated heterocycles. The highest BCUT2D eigenvalue weighted by Gasteiger charge is 2.31. The molecular formula is C22H16ClF3N6O. The number of rotatable bonds is 6. The van der Waals surface area contributed by atoms with E-state index in [1.54, 1.807) is 24.3 Å². The van der Waals surface area contributed by atoms with Crippen molar-refractivity contribution in [3.8, 4) is 11.5 Å². The van der Waals surface area contributed by atoms with Crippen LogP contribution in [0.1, 0.15) is 5.56 Å². The van der Waals surface area contributed by atoms with Crippen molar-refractivity contribution in [2.75, 3.05) is 16.4 Å². The normalized spacial score (nSPS) is 11.2. The maximum absolute atomic E-state index is 12.8. The number of nitrogens with one attached hydrogen (secondary N) is 2. The Kier molecular flexibility index (Phi) is 6.18. The maximum Gasteiger partial charge on any atom is 0.417 e. The average Bonchev–Trinajstić information content (AvgIpc) is 2.79. The molecule has 11 heteroatoms. The lowest BCUT2D eigenvalue weighted by Crippen LogP contribution is -2.08. The maximum atomic E-state index is 12.8. The van der Waals surface area contributed by atoms with Gasteiger partial charge in [0.2, 0.25) is 0 Å². The summed E-state index contributed by atoms with van der Waals surface area (Å²) in [6.07, 6.45) is -2.64. The number of pyridine rings is 1. The van der Waals surface area contributed by atoms with Crippen molar-refractivity contribution in [1.82, 2.24) is 15.0 Å². The molecule has 2 aromatic heterocycles. The van der Waals surface area contributed by atoms with E-state index in [-0.39, 0.29) is 28.2 Å². The highest BCUT2D eigenvalue weighted by molar-refractivity contribution is 6.33. The van der Waals surface area contributed by atoms with Gasteiger partial charge in [-0.15, -0.1) is 0 Å². The molecule has 0 aliphatic heterocycles. The summed E-state index contributed by atoms with van der Waals surface area (Å²) >= 11 is 5.94. The molecule has 0 fully saturated rings. The third-order valence-corrected chi connectivity index (χ3v) is 4.67. The zero-order valence-corrected chi connectivity index (χ0v) is 17.5. The van der Waals surface area contributed by atoms with Gasteiger partial charge in [0.15, 0.2) is 11.6 Å². The standard InChI is InChI=1S/C22H16ClF3N6O/c23-17-10-13(22(24,25)26)11-28-19(17)32-21-18(27)20(29-12-30-21)31-14-6-8-16(9-7-14)33-15-4-2-1-3-5-15/h1-12H,27H2,(H2,28,29,30,31,32). The molecule has 2 aromatic carbocycles. The van der Waals surface area contributed by atoms with Crippen molar-refractivity contribution in [2.45, 2.75) is 6.18 Å². The number of benzene rings is 2. The van der Waals surface area contributed by atoms with Crippen LogP contribution in [0.15, 0.2) is 73.2 Å². The van der Waals surface area contributed by atoms with E-state index in [2.05, 4.69) is 25.6 Å². The molecule has 0 aliphatic rings. The number of para-hydroxylation sites is 1. The summed E-state index contributed by atoms with van der Waals surface area (Å²) in [5.41, 5.74) is 5.98. The van der Waals surface area contributed by atoms with Gasteiger partial charge in [0.25, 0.3) is 0 Å². The van der Waals surface area contributed by atoms with Crippen LogP contribution in [0.3, 0.4) is 0 Å². The van der Waals surface area contributed by atoms with Crippen LogP contribution in [0.25, 0.3) is 0 Å². The molecule has 0 radical (unpaired) electrons. The minimum absolute atomic E-state index is 0.0246. The van der Waals surface area contributed by atoms with Gasteiger partial charge in [-0.2, -0.15) is 13.2 Å². The summed E-state index contributed by atoms with van der Waals surface area (Å²) in [6, 6.07) is 17.2. The number of nitrogen functional groups attached to an aromatic ring is 1. The highest BCUT2D eigenvalue weighted by atomic mass is 35.5. The van der Waals surface area contributed by atoms with Crippen molar-refractivity contribution in [3.05, 3.63) is 83.8 Å². The largest absolute Gasteiger partial charge is 0.457 e. The topological polar surface area (TPSA) is 98.0 Å². The Balaban J connectivity index is 1.48. The van der Waals surface area contributed by atoms with Gasteiger partial charge in [-0.1, -0.05) is 29.8 Å². The molecule has 0 bridgehead atoms. The Labute approximate surface area is 191 Å². The second-order valence-electron chi connectivity index (χ2n) is 6.73. The van der Waals surface area contributed by atoms with Crippen LogP contribution >= 0.6 is 11.6 Å². The van der Waals surface area contributed by atoms with Gasteiger partial charge in [-0.25, -0.2) is 15.0 Å². The van der Waals surface area contributed by atoms with Gasteiger partial charge in [0.05, 0.1) is 10.6 Å². The van der Waals surface area contributed by atoms with Crippen LogP contribution in [-0.4, -0.2) is 15.0 Å². The first-order valence-corrected chi connectivity index (χ1v) is 9.87. The zero-order chi connectivity index (χ0) is 23.4. The quantitative estimate of drug-likeness (QED) is 0.298. The lowest BCUT2D eigenvalue weighted by Gasteiger charge is -2.14. The monoisotopic (exact) mass is 472 g/mol. The first-order chi connectivity index (χ1) is 15.8. The molecule has 4 N–H and O–H groups in total. The Morgan fingerprint density at radius 2 is 1.45 bits per heavy atom. The molecule has 0 unspecified atom stereocenters. The lowest BCUT2D eigenvalue weighted by molar-refractivity contribution is -0.137. The SMILES string of the molecule is Nc1c(Nc2ccc(Oc3ccccc3)cc2)ncnc1Nc1ncc(C(F)(F)F)cc1Cl. The number of ether oxygens (including phenoxy) is 1. The van der Waals surface area contributed by atoms with Gasteiger partial charge in [-0.05, 0) is 42.5 Å². The number of hydrogen-bond acceptors (Lipinski definition) is 7. The van der Waals surface area contributed by atoms with Crippen LogP contribution in [0.4, 0.5) is 42.0 Å². The van der Waals surface area contributed by atoms with E-state index in [0.717, 1.165) is 6.07 Å². The Morgan fingerprint density at radius 1 is 0.818 bits per heavy atom. The minimum Gasteiger partial charge on any atom is -0.457 e. The smallest absolute Gasteiger partial charge is 0.417 e. The number of alkyl halides is 3. The van der Waals surface area contributed by atoms with Gasteiger partial charge in [-0.3, -0.25) is 0 Å². The van der Waals surface area contributed by atoms with Gasteiger partial charge >= 0.3 is 6.18 Å². The lowest BCUT2D eigenvalue weighted by atomic mass is 10.2. The van der Waals surface area contributed by atoms with E-state index in [1.807, 2.05) is 30.3 Å². The molecule has 0 saturated carbocycles.